The fraction of sp³-hybridized carbons (Fsp3) is 0.692. The molecule has 21 heavy (non-hydrogen) atoms. The molecule has 0 fully saturated rings. The molecule has 0 saturated heterocycles. The number of carbonyl (C=O) groups is 2. The Morgan fingerprint density at radius 1 is 1.29 bits per heavy atom. The van der Waals surface area contributed by atoms with Crippen LogP contribution in [0.3, 0.4) is 0 Å². The van der Waals surface area contributed by atoms with Crippen molar-refractivity contribution in [3.8, 4) is 0 Å². The van der Waals surface area contributed by atoms with Gasteiger partial charge in [-0.25, -0.2) is 0 Å². The molecule has 0 saturated carbocycles. The number of aromatic nitrogens is 3. The Balaban J connectivity index is 2.68. The lowest BCUT2D eigenvalue weighted by Crippen LogP contribution is -2.25. The van der Waals surface area contributed by atoms with E-state index >= 15 is 0 Å². The van der Waals surface area contributed by atoms with Crippen molar-refractivity contribution < 1.29 is 14.7 Å². The van der Waals surface area contributed by atoms with Crippen LogP contribution >= 0.6 is 11.8 Å². The number of carbonyl (C=O) groups excluding carboxylic acids is 1. The Morgan fingerprint density at radius 2 is 2.05 bits per heavy atom. The first-order chi connectivity index (χ1) is 10.1. The molecule has 0 spiro atoms. The Labute approximate surface area is 128 Å². The Kier molecular flexibility index (Phi) is 7.81. The van der Waals surface area contributed by atoms with E-state index in [9.17, 15) is 9.59 Å². The van der Waals surface area contributed by atoms with Gasteiger partial charge in [-0.05, 0) is 12.8 Å². The molecule has 1 aromatic rings. The lowest BCUT2D eigenvalue weighted by atomic mass is 10.3. The van der Waals surface area contributed by atoms with E-state index in [1.807, 2.05) is 18.4 Å². The predicted molar refractivity (Wildman–Crippen MR) is 80.3 cm³/mol. The first kappa shape index (κ1) is 17.5. The molecule has 0 aliphatic carbocycles. The molecule has 0 atom stereocenters. The van der Waals surface area contributed by atoms with Gasteiger partial charge in [0.05, 0.1) is 5.75 Å². The number of nitrogens with one attached hydrogen (secondary N) is 1. The van der Waals surface area contributed by atoms with Crippen LogP contribution in [0.1, 0.15) is 38.9 Å². The van der Waals surface area contributed by atoms with Gasteiger partial charge in [0.25, 0.3) is 0 Å². The van der Waals surface area contributed by atoms with Crippen molar-refractivity contribution in [3.05, 3.63) is 5.82 Å². The normalized spacial score (nSPS) is 10.6. The number of nitrogens with zero attached hydrogens (tertiary/aromatic N) is 3. The van der Waals surface area contributed by atoms with Crippen LogP contribution in [0.2, 0.25) is 0 Å². The minimum Gasteiger partial charge on any atom is -0.481 e. The van der Waals surface area contributed by atoms with E-state index in [2.05, 4.69) is 15.5 Å². The third-order valence-corrected chi connectivity index (χ3v) is 3.68. The maximum absolute atomic E-state index is 11.7. The maximum atomic E-state index is 11.7. The number of hydrogen-bond donors (Lipinski definition) is 2. The lowest BCUT2D eigenvalue weighted by molar-refractivity contribution is -0.134. The smallest absolute Gasteiger partial charge is 0.313 e. The Bertz CT molecular complexity index is 476. The van der Waals surface area contributed by atoms with Crippen LogP contribution in [0.4, 0.5) is 0 Å². The number of aryl methyl sites for hydroxylation is 1. The monoisotopic (exact) mass is 314 g/mol. The van der Waals surface area contributed by atoms with Crippen LogP contribution in [-0.4, -0.2) is 44.0 Å². The van der Waals surface area contributed by atoms with Crippen LogP contribution in [-0.2, 0) is 22.6 Å². The van der Waals surface area contributed by atoms with E-state index < -0.39 is 5.97 Å². The number of rotatable bonds is 10. The largest absolute Gasteiger partial charge is 0.481 e. The van der Waals surface area contributed by atoms with E-state index in [4.69, 9.17) is 5.11 Å². The molecule has 1 rings (SSSR count). The third-order valence-electron chi connectivity index (χ3n) is 2.73. The van der Waals surface area contributed by atoms with Crippen molar-refractivity contribution in [1.29, 1.82) is 0 Å². The molecule has 7 nitrogen and oxygen atoms in total. The molecule has 0 radical (unpaired) electrons. The van der Waals surface area contributed by atoms with Crippen LogP contribution in [0.25, 0.3) is 0 Å². The highest BCUT2D eigenvalue weighted by atomic mass is 32.2. The Morgan fingerprint density at radius 3 is 2.67 bits per heavy atom. The first-order valence-electron chi connectivity index (χ1n) is 7.11. The molecule has 1 heterocycles. The van der Waals surface area contributed by atoms with Gasteiger partial charge in [0.15, 0.2) is 5.16 Å². The molecule has 0 bridgehead atoms. The minimum atomic E-state index is -0.896. The standard InChI is InChI=1S/C13H22N4O3S/c1-3-5-10-15-16-13(21-9-12(19)20)17(10)8-6-11(18)14-7-4-2/h3-9H2,1-2H3,(H,14,18)(H,19,20). The van der Waals surface area contributed by atoms with Crippen LogP contribution in [0.15, 0.2) is 5.16 Å². The molecule has 118 valence electrons. The zero-order valence-corrected chi connectivity index (χ0v) is 13.3. The van der Waals surface area contributed by atoms with Crippen LogP contribution in [0, 0.1) is 0 Å². The summed E-state index contributed by atoms with van der Waals surface area (Å²) in [7, 11) is 0. The van der Waals surface area contributed by atoms with Crippen molar-refractivity contribution in [3.63, 3.8) is 0 Å². The molecular weight excluding hydrogens is 292 g/mol. The van der Waals surface area contributed by atoms with Crippen molar-refractivity contribution in [2.45, 2.75) is 51.2 Å². The van der Waals surface area contributed by atoms with E-state index in [0.29, 0.717) is 24.7 Å². The van der Waals surface area contributed by atoms with E-state index in [1.54, 1.807) is 0 Å². The summed E-state index contributed by atoms with van der Waals surface area (Å²) in [4.78, 5) is 22.3. The second-order valence-corrected chi connectivity index (χ2v) is 5.53. The highest BCUT2D eigenvalue weighted by Crippen LogP contribution is 2.18. The van der Waals surface area contributed by atoms with Crippen LogP contribution < -0.4 is 5.32 Å². The molecule has 0 unspecified atom stereocenters. The van der Waals surface area contributed by atoms with Gasteiger partial charge in [0, 0.05) is 25.9 Å². The summed E-state index contributed by atoms with van der Waals surface area (Å²) in [6.45, 7) is 5.18. The molecule has 0 aliphatic heterocycles. The maximum Gasteiger partial charge on any atom is 0.313 e. The summed E-state index contributed by atoms with van der Waals surface area (Å²) >= 11 is 1.13. The molecule has 1 aromatic heterocycles. The second-order valence-electron chi connectivity index (χ2n) is 4.58. The lowest BCUT2D eigenvalue weighted by Gasteiger charge is -2.09. The summed E-state index contributed by atoms with van der Waals surface area (Å²) in [5, 5.41) is 20.2. The average molecular weight is 314 g/mol. The van der Waals surface area contributed by atoms with Gasteiger partial charge < -0.3 is 15.0 Å². The summed E-state index contributed by atoms with van der Waals surface area (Å²) in [6, 6.07) is 0. The zero-order chi connectivity index (χ0) is 15.7. The van der Waals surface area contributed by atoms with Crippen molar-refractivity contribution >= 4 is 23.6 Å². The number of amides is 1. The Hall–Kier alpha value is -1.57. The molecular formula is C13H22N4O3S. The minimum absolute atomic E-state index is 0.0119. The molecule has 8 heteroatoms. The van der Waals surface area contributed by atoms with Gasteiger partial charge >= 0.3 is 5.97 Å². The van der Waals surface area contributed by atoms with Gasteiger partial charge in [-0.2, -0.15) is 0 Å². The molecule has 0 aliphatic rings. The van der Waals surface area contributed by atoms with E-state index in [-0.39, 0.29) is 11.7 Å². The predicted octanol–water partition coefficient (Wildman–Crippen LogP) is 1.32. The van der Waals surface area contributed by atoms with E-state index in [0.717, 1.165) is 36.8 Å². The number of hydrogen-bond acceptors (Lipinski definition) is 5. The van der Waals surface area contributed by atoms with Crippen molar-refractivity contribution in [2.24, 2.45) is 0 Å². The summed E-state index contributed by atoms with van der Waals surface area (Å²) in [5.41, 5.74) is 0. The quantitative estimate of drug-likeness (QED) is 0.632. The van der Waals surface area contributed by atoms with Gasteiger partial charge in [0.1, 0.15) is 5.82 Å². The SMILES string of the molecule is CCCNC(=O)CCn1c(CCC)nnc1SCC(=O)O. The number of aliphatic carboxylic acids is 1. The van der Waals surface area contributed by atoms with Gasteiger partial charge in [-0.1, -0.05) is 25.6 Å². The second kappa shape index (κ2) is 9.38. The number of carboxylic acid groups (broad SMARTS) is 1. The average Bonchev–Trinajstić information content (AvgIpc) is 2.83. The fourth-order valence-electron chi connectivity index (χ4n) is 1.75. The van der Waals surface area contributed by atoms with Crippen molar-refractivity contribution in [2.75, 3.05) is 12.3 Å². The highest BCUT2D eigenvalue weighted by Gasteiger charge is 2.14. The van der Waals surface area contributed by atoms with Gasteiger partial charge in [-0.15, -0.1) is 10.2 Å². The molecule has 2 N–H and O–H groups in total. The van der Waals surface area contributed by atoms with Gasteiger partial charge in [0.2, 0.25) is 5.91 Å². The summed E-state index contributed by atoms with van der Waals surface area (Å²) in [6.07, 6.45) is 2.93. The highest BCUT2D eigenvalue weighted by molar-refractivity contribution is 7.99. The summed E-state index contributed by atoms with van der Waals surface area (Å²) < 4.78 is 1.85. The van der Waals surface area contributed by atoms with E-state index in [1.165, 1.54) is 0 Å². The van der Waals surface area contributed by atoms with Crippen molar-refractivity contribution in [1.82, 2.24) is 20.1 Å². The summed E-state index contributed by atoms with van der Waals surface area (Å²) in [5.74, 6) is -0.171. The first-order valence-corrected chi connectivity index (χ1v) is 8.10. The zero-order valence-electron chi connectivity index (χ0n) is 12.5. The van der Waals surface area contributed by atoms with Crippen LogP contribution in [0.5, 0.6) is 0 Å². The van der Waals surface area contributed by atoms with Gasteiger partial charge in [-0.3, -0.25) is 9.59 Å². The topological polar surface area (TPSA) is 97.1 Å². The third kappa shape index (κ3) is 6.16. The molecule has 1 amide bonds. The number of thioether (sulfide) groups is 1. The number of carboxylic acids is 1. The fourth-order valence-corrected chi connectivity index (χ4v) is 2.45. The molecule has 0 aromatic carbocycles.